The Morgan fingerprint density at radius 2 is 1.50 bits per heavy atom. The summed E-state index contributed by atoms with van der Waals surface area (Å²) in [6, 6.07) is 14.7. The number of rotatable bonds is 9. The lowest BCUT2D eigenvalue weighted by Gasteiger charge is -2.08. The summed E-state index contributed by atoms with van der Waals surface area (Å²) in [6.07, 6.45) is 6.21. The maximum absolute atomic E-state index is 12.2. The molecular formula is C22H28N2O2. The van der Waals surface area contributed by atoms with E-state index < -0.39 is 0 Å². The van der Waals surface area contributed by atoms with Crippen LogP contribution in [-0.2, 0) is 4.79 Å². The van der Waals surface area contributed by atoms with Crippen LogP contribution in [-0.4, -0.2) is 11.8 Å². The fourth-order valence-electron chi connectivity index (χ4n) is 2.74. The van der Waals surface area contributed by atoms with Gasteiger partial charge in [0.15, 0.2) is 0 Å². The second kappa shape index (κ2) is 10.4. The molecule has 0 aliphatic rings. The Bertz CT molecular complexity index is 723. The van der Waals surface area contributed by atoms with Crippen molar-refractivity contribution in [2.45, 2.75) is 52.4 Å². The summed E-state index contributed by atoms with van der Waals surface area (Å²) in [7, 11) is 0. The third-order valence-electron chi connectivity index (χ3n) is 4.21. The summed E-state index contributed by atoms with van der Waals surface area (Å²) < 4.78 is 0. The first-order chi connectivity index (χ1) is 12.6. The number of anilines is 2. The van der Waals surface area contributed by atoms with Crippen LogP contribution in [0.2, 0.25) is 0 Å². The first-order valence-corrected chi connectivity index (χ1v) is 9.36. The Hall–Kier alpha value is -2.62. The monoisotopic (exact) mass is 352 g/mol. The van der Waals surface area contributed by atoms with E-state index in [4.69, 9.17) is 0 Å². The highest BCUT2D eigenvalue weighted by atomic mass is 16.2. The SMILES string of the molecule is CCCCCCCC(=O)Nc1ccc(NC(=O)c2cccc(C)c2)cc1. The second-order valence-electron chi connectivity index (χ2n) is 6.61. The van der Waals surface area contributed by atoms with E-state index in [1.807, 2.05) is 25.1 Å². The quantitative estimate of drug-likeness (QED) is 0.582. The maximum Gasteiger partial charge on any atom is 0.255 e. The van der Waals surface area contributed by atoms with Crippen LogP contribution >= 0.6 is 0 Å². The van der Waals surface area contributed by atoms with Gasteiger partial charge in [-0.15, -0.1) is 0 Å². The molecule has 2 aromatic carbocycles. The van der Waals surface area contributed by atoms with Gasteiger partial charge in [0.05, 0.1) is 0 Å². The molecule has 0 saturated heterocycles. The number of hydrogen-bond donors (Lipinski definition) is 2. The van der Waals surface area contributed by atoms with E-state index in [9.17, 15) is 9.59 Å². The number of aryl methyl sites for hydroxylation is 1. The van der Waals surface area contributed by atoms with Gasteiger partial charge in [-0.25, -0.2) is 0 Å². The van der Waals surface area contributed by atoms with E-state index >= 15 is 0 Å². The number of carbonyl (C=O) groups excluding carboxylic acids is 2. The summed E-state index contributed by atoms with van der Waals surface area (Å²) in [5.41, 5.74) is 3.13. The van der Waals surface area contributed by atoms with Gasteiger partial charge < -0.3 is 10.6 Å². The van der Waals surface area contributed by atoms with Crippen LogP contribution in [0.3, 0.4) is 0 Å². The number of benzene rings is 2. The van der Waals surface area contributed by atoms with Crippen molar-refractivity contribution in [1.29, 1.82) is 0 Å². The van der Waals surface area contributed by atoms with Gasteiger partial charge in [-0.05, 0) is 49.7 Å². The van der Waals surface area contributed by atoms with Crippen LogP contribution < -0.4 is 10.6 Å². The third-order valence-corrected chi connectivity index (χ3v) is 4.21. The molecule has 26 heavy (non-hydrogen) atoms. The molecule has 0 atom stereocenters. The molecule has 0 spiro atoms. The lowest BCUT2D eigenvalue weighted by Crippen LogP contribution is -2.13. The smallest absolute Gasteiger partial charge is 0.255 e. The molecule has 2 N–H and O–H groups in total. The lowest BCUT2D eigenvalue weighted by molar-refractivity contribution is -0.116. The van der Waals surface area contributed by atoms with Crippen molar-refractivity contribution < 1.29 is 9.59 Å². The number of hydrogen-bond acceptors (Lipinski definition) is 2. The van der Waals surface area contributed by atoms with E-state index in [0.29, 0.717) is 17.7 Å². The van der Waals surface area contributed by atoms with Crippen LogP contribution in [0.4, 0.5) is 11.4 Å². The summed E-state index contributed by atoms with van der Waals surface area (Å²) in [6.45, 7) is 4.14. The zero-order valence-corrected chi connectivity index (χ0v) is 15.7. The van der Waals surface area contributed by atoms with E-state index in [1.165, 1.54) is 19.3 Å². The first-order valence-electron chi connectivity index (χ1n) is 9.36. The van der Waals surface area contributed by atoms with Gasteiger partial charge in [0, 0.05) is 23.4 Å². The van der Waals surface area contributed by atoms with Crippen molar-refractivity contribution in [3.8, 4) is 0 Å². The molecule has 2 aromatic rings. The van der Waals surface area contributed by atoms with Crippen LogP contribution in [0.15, 0.2) is 48.5 Å². The predicted octanol–water partition coefficient (Wildman–Crippen LogP) is 5.55. The normalized spacial score (nSPS) is 10.4. The topological polar surface area (TPSA) is 58.2 Å². The molecule has 0 aromatic heterocycles. The largest absolute Gasteiger partial charge is 0.326 e. The molecule has 0 saturated carbocycles. The van der Waals surface area contributed by atoms with Crippen molar-refractivity contribution in [2.24, 2.45) is 0 Å². The summed E-state index contributed by atoms with van der Waals surface area (Å²) in [4.78, 5) is 24.2. The molecule has 0 aliphatic carbocycles. The lowest BCUT2D eigenvalue weighted by atomic mass is 10.1. The number of carbonyl (C=O) groups is 2. The van der Waals surface area contributed by atoms with Gasteiger partial charge >= 0.3 is 0 Å². The highest BCUT2D eigenvalue weighted by Crippen LogP contribution is 2.16. The van der Waals surface area contributed by atoms with E-state index in [-0.39, 0.29) is 11.8 Å². The van der Waals surface area contributed by atoms with Gasteiger partial charge in [-0.3, -0.25) is 9.59 Å². The summed E-state index contributed by atoms with van der Waals surface area (Å²) >= 11 is 0. The molecule has 138 valence electrons. The van der Waals surface area contributed by atoms with Crippen LogP contribution in [0.5, 0.6) is 0 Å². The van der Waals surface area contributed by atoms with Crippen molar-refractivity contribution in [3.05, 3.63) is 59.7 Å². The Kier molecular flexibility index (Phi) is 7.87. The van der Waals surface area contributed by atoms with Crippen molar-refractivity contribution in [2.75, 3.05) is 10.6 Å². The van der Waals surface area contributed by atoms with Crippen molar-refractivity contribution in [1.82, 2.24) is 0 Å². The van der Waals surface area contributed by atoms with Crippen molar-refractivity contribution in [3.63, 3.8) is 0 Å². The molecule has 2 rings (SSSR count). The number of nitrogens with one attached hydrogen (secondary N) is 2. The molecule has 2 amide bonds. The Morgan fingerprint density at radius 1 is 0.846 bits per heavy atom. The number of amides is 2. The van der Waals surface area contributed by atoms with Crippen LogP contribution in [0.25, 0.3) is 0 Å². The molecular weight excluding hydrogens is 324 g/mol. The molecule has 0 aliphatic heterocycles. The minimum absolute atomic E-state index is 0.0399. The highest BCUT2D eigenvalue weighted by Gasteiger charge is 2.07. The van der Waals surface area contributed by atoms with Crippen molar-refractivity contribution >= 4 is 23.2 Å². The molecule has 0 fully saturated rings. The Morgan fingerprint density at radius 3 is 2.15 bits per heavy atom. The highest BCUT2D eigenvalue weighted by molar-refractivity contribution is 6.04. The minimum atomic E-state index is -0.141. The summed E-state index contributed by atoms with van der Waals surface area (Å²) in [5, 5.41) is 5.77. The van der Waals surface area contributed by atoms with E-state index in [2.05, 4.69) is 17.6 Å². The molecule has 0 unspecified atom stereocenters. The molecule has 0 bridgehead atoms. The first kappa shape index (κ1) is 19.7. The predicted molar refractivity (Wildman–Crippen MR) is 108 cm³/mol. The van der Waals surface area contributed by atoms with Crippen LogP contribution in [0, 0.1) is 6.92 Å². The Balaban J connectivity index is 1.80. The number of unbranched alkanes of at least 4 members (excludes halogenated alkanes) is 4. The fraction of sp³-hybridized carbons (Fsp3) is 0.364. The van der Waals surface area contributed by atoms with Gasteiger partial charge in [-0.2, -0.15) is 0 Å². The van der Waals surface area contributed by atoms with Gasteiger partial charge in [0.1, 0.15) is 0 Å². The molecule has 4 nitrogen and oxygen atoms in total. The fourth-order valence-corrected chi connectivity index (χ4v) is 2.74. The van der Waals surface area contributed by atoms with Gasteiger partial charge in [0.25, 0.3) is 5.91 Å². The molecule has 4 heteroatoms. The van der Waals surface area contributed by atoms with Crippen LogP contribution in [0.1, 0.15) is 61.4 Å². The third kappa shape index (κ3) is 6.71. The van der Waals surface area contributed by atoms with Gasteiger partial charge in [-0.1, -0.05) is 50.3 Å². The maximum atomic E-state index is 12.2. The summed E-state index contributed by atoms with van der Waals surface area (Å²) in [5.74, 6) is -0.101. The minimum Gasteiger partial charge on any atom is -0.326 e. The second-order valence-corrected chi connectivity index (χ2v) is 6.61. The average molecular weight is 352 g/mol. The zero-order valence-electron chi connectivity index (χ0n) is 15.7. The zero-order chi connectivity index (χ0) is 18.8. The van der Waals surface area contributed by atoms with Gasteiger partial charge in [0.2, 0.25) is 5.91 Å². The molecule has 0 heterocycles. The Labute approximate surface area is 156 Å². The van der Waals surface area contributed by atoms with E-state index in [0.717, 1.165) is 24.1 Å². The molecule has 0 radical (unpaired) electrons. The average Bonchev–Trinajstić information content (AvgIpc) is 2.63. The standard InChI is InChI=1S/C22H28N2O2/c1-3-4-5-6-7-11-21(25)23-19-12-14-20(15-13-19)24-22(26)18-10-8-9-17(2)16-18/h8-10,12-16H,3-7,11H2,1-2H3,(H,23,25)(H,24,26). The van der Waals surface area contributed by atoms with E-state index in [1.54, 1.807) is 30.3 Å².